The first kappa shape index (κ1) is 12.3. The largest absolute Gasteiger partial charge is 0.346 e. The summed E-state index contributed by atoms with van der Waals surface area (Å²) in [5.41, 5.74) is 1.71. The standard InChI is InChI=1S/C14H18O3/c1-3-13(15)11-5-7-12(8-6-11)14(2)16-9-4-10-17-14/h5-8H,3-4,9-10H2,1-2H3. The quantitative estimate of drug-likeness (QED) is 0.754. The number of rotatable bonds is 3. The Bertz CT molecular complexity index is 388. The minimum absolute atomic E-state index is 0.159. The Balaban J connectivity index is 2.19. The molecule has 0 N–H and O–H groups in total. The highest BCUT2D eigenvalue weighted by atomic mass is 16.7. The Hall–Kier alpha value is -1.19. The van der Waals surface area contributed by atoms with Gasteiger partial charge in [-0.3, -0.25) is 4.79 Å². The molecule has 1 fully saturated rings. The van der Waals surface area contributed by atoms with Crippen LogP contribution in [0.4, 0.5) is 0 Å². The first-order chi connectivity index (χ1) is 8.15. The monoisotopic (exact) mass is 234 g/mol. The van der Waals surface area contributed by atoms with E-state index < -0.39 is 5.79 Å². The van der Waals surface area contributed by atoms with Crippen LogP contribution in [-0.2, 0) is 15.3 Å². The van der Waals surface area contributed by atoms with Crippen molar-refractivity contribution in [3.8, 4) is 0 Å². The number of hydrogen-bond donors (Lipinski definition) is 0. The maximum absolute atomic E-state index is 11.5. The molecule has 0 amide bonds. The van der Waals surface area contributed by atoms with Crippen molar-refractivity contribution in [1.29, 1.82) is 0 Å². The maximum Gasteiger partial charge on any atom is 0.191 e. The lowest BCUT2D eigenvalue weighted by molar-refractivity contribution is -0.264. The van der Waals surface area contributed by atoms with Crippen molar-refractivity contribution < 1.29 is 14.3 Å². The van der Waals surface area contributed by atoms with Crippen molar-refractivity contribution in [2.75, 3.05) is 13.2 Å². The van der Waals surface area contributed by atoms with Crippen LogP contribution >= 0.6 is 0 Å². The van der Waals surface area contributed by atoms with Crippen molar-refractivity contribution in [3.05, 3.63) is 35.4 Å². The second kappa shape index (κ2) is 4.98. The molecule has 1 heterocycles. The number of ether oxygens (including phenoxy) is 2. The molecule has 0 spiro atoms. The van der Waals surface area contributed by atoms with Crippen LogP contribution in [0.5, 0.6) is 0 Å². The molecule has 1 saturated heterocycles. The molecular weight excluding hydrogens is 216 g/mol. The van der Waals surface area contributed by atoms with Crippen molar-refractivity contribution >= 4 is 5.78 Å². The fraction of sp³-hybridized carbons (Fsp3) is 0.500. The van der Waals surface area contributed by atoms with Crippen molar-refractivity contribution in [2.45, 2.75) is 32.5 Å². The van der Waals surface area contributed by atoms with Gasteiger partial charge in [0.25, 0.3) is 0 Å². The Kier molecular flexibility index (Phi) is 3.60. The normalized spacial score (nSPS) is 18.9. The Morgan fingerprint density at radius 1 is 1.24 bits per heavy atom. The third-order valence-electron chi connectivity index (χ3n) is 3.10. The summed E-state index contributed by atoms with van der Waals surface area (Å²) < 4.78 is 11.3. The van der Waals surface area contributed by atoms with Gasteiger partial charge in [-0.25, -0.2) is 0 Å². The minimum atomic E-state index is -0.661. The molecule has 0 aliphatic carbocycles. The average molecular weight is 234 g/mol. The van der Waals surface area contributed by atoms with E-state index in [4.69, 9.17) is 9.47 Å². The van der Waals surface area contributed by atoms with Crippen molar-refractivity contribution in [2.24, 2.45) is 0 Å². The number of ketones is 1. The zero-order valence-corrected chi connectivity index (χ0v) is 10.4. The molecule has 1 aromatic carbocycles. The summed E-state index contributed by atoms with van der Waals surface area (Å²) in [5, 5.41) is 0. The smallest absolute Gasteiger partial charge is 0.191 e. The number of carbonyl (C=O) groups is 1. The first-order valence-corrected chi connectivity index (χ1v) is 6.07. The molecule has 2 rings (SSSR count). The van der Waals surface area contributed by atoms with Gasteiger partial charge in [-0.15, -0.1) is 0 Å². The molecule has 0 aromatic heterocycles. The Morgan fingerprint density at radius 3 is 2.35 bits per heavy atom. The predicted molar refractivity (Wildman–Crippen MR) is 64.9 cm³/mol. The van der Waals surface area contributed by atoms with Gasteiger partial charge in [0.15, 0.2) is 11.6 Å². The average Bonchev–Trinajstić information content (AvgIpc) is 2.39. The van der Waals surface area contributed by atoms with Gasteiger partial charge in [0, 0.05) is 17.5 Å². The lowest BCUT2D eigenvalue weighted by atomic mass is 10.0. The minimum Gasteiger partial charge on any atom is -0.346 e. The molecule has 3 nitrogen and oxygen atoms in total. The van der Waals surface area contributed by atoms with E-state index in [0.717, 1.165) is 17.5 Å². The Morgan fingerprint density at radius 2 is 1.82 bits per heavy atom. The summed E-state index contributed by atoms with van der Waals surface area (Å²) in [6, 6.07) is 7.50. The van der Waals surface area contributed by atoms with Gasteiger partial charge < -0.3 is 9.47 Å². The van der Waals surface area contributed by atoms with Crippen LogP contribution in [0.15, 0.2) is 24.3 Å². The fourth-order valence-corrected chi connectivity index (χ4v) is 1.96. The summed E-state index contributed by atoms with van der Waals surface area (Å²) in [5.74, 6) is -0.501. The second-order valence-electron chi connectivity index (χ2n) is 4.35. The molecule has 17 heavy (non-hydrogen) atoms. The number of benzene rings is 1. The van der Waals surface area contributed by atoms with E-state index in [0.29, 0.717) is 19.6 Å². The van der Waals surface area contributed by atoms with E-state index in [-0.39, 0.29) is 5.78 Å². The third kappa shape index (κ3) is 2.56. The lowest BCUT2D eigenvalue weighted by Gasteiger charge is -2.34. The van der Waals surface area contributed by atoms with Crippen molar-refractivity contribution in [1.82, 2.24) is 0 Å². The van der Waals surface area contributed by atoms with Gasteiger partial charge in [-0.1, -0.05) is 31.2 Å². The maximum atomic E-state index is 11.5. The van der Waals surface area contributed by atoms with E-state index in [1.165, 1.54) is 0 Å². The van der Waals surface area contributed by atoms with E-state index in [1.54, 1.807) is 0 Å². The van der Waals surface area contributed by atoms with Crippen LogP contribution in [0, 0.1) is 0 Å². The van der Waals surface area contributed by atoms with Crippen LogP contribution in [0.2, 0.25) is 0 Å². The lowest BCUT2D eigenvalue weighted by Crippen LogP contribution is -2.34. The van der Waals surface area contributed by atoms with Crippen LogP contribution in [0.1, 0.15) is 42.6 Å². The number of Topliss-reactive ketones (excluding diaryl/α,β-unsaturated/α-hetero) is 1. The summed E-state index contributed by atoms with van der Waals surface area (Å²) in [6.07, 6.45) is 1.46. The van der Waals surface area contributed by atoms with Crippen LogP contribution in [0.3, 0.4) is 0 Å². The summed E-state index contributed by atoms with van der Waals surface area (Å²) in [7, 11) is 0. The van der Waals surface area contributed by atoms with Gasteiger partial charge in [0.2, 0.25) is 0 Å². The summed E-state index contributed by atoms with van der Waals surface area (Å²) in [6.45, 7) is 5.21. The highest BCUT2D eigenvalue weighted by Gasteiger charge is 2.31. The molecule has 92 valence electrons. The predicted octanol–water partition coefficient (Wildman–Crippen LogP) is 2.89. The topological polar surface area (TPSA) is 35.5 Å². The van der Waals surface area contributed by atoms with Gasteiger partial charge in [0.1, 0.15) is 0 Å². The molecule has 0 bridgehead atoms. The van der Waals surface area contributed by atoms with E-state index in [2.05, 4.69) is 0 Å². The SMILES string of the molecule is CCC(=O)c1ccc(C2(C)OCCCO2)cc1. The zero-order valence-electron chi connectivity index (χ0n) is 10.4. The van der Waals surface area contributed by atoms with Crippen LogP contribution in [0.25, 0.3) is 0 Å². The van der Waals surface area contributed by atoms with Gasteiger partial charge in [-0.2, -0.15) is 0 Å². The molecule has 0 atom stereocenters. The van der Waals surface area contributed by atoms with E-state index >= 15 is 0 Å². The summed E-state index contributed by atoms with van der Waals surface area (Å²) >= 11 is 0. The summed E-state index contributed by atoms with van der Waals surface area (Å²) in [4.78, 5) is 11.5. The molecule has 1 aliphatic heterocycles. The molecular formula is C14H18O3. The molecule has 1 aliphatic rings. The number of hydrogen-bond acceptors (Lipinski definition) is 3. The highest BCUT2D eigenvalue weighted by molar-refractivity contribution is 5.95. The second-order valence-corrected chi connectivity index (χ2v) is 4.35. The van der Waals surface area contributed by atoms with Gasteiger partial charge in [0.05, 0.1) is 13.2 Å². The molecule has 3 heteroatoms. The molecule has 0 unspecified atom stereocenters. The zero-order chi connectivity index (χ0) is 12.3. The third-order valence-corrected chi connectivity index (χ3v) is 3.10. The molecule has 1 aromatic rings. The fourth-order valence-electron chi connectivity index (χ4n) is 1.96. The van der Waals surface area contributed by atoms with Gasteiger partial charge in [-0.05, 0) is 13.3 Å². The van der Waals surface area contributed by atoms with Crippen molar-refractivity contribution in [3.63, 3.8) is 0 Å². The first-order valence-electron chi connectivity index (χ1n) is 6.07. The molecule has 0 radical (unpaired) electrons. The van der Waals surface area contributed by atoms with E-state index in [1.807, 2.05) is 38.1 Å². The number of carbonyl (C=O) groups excluding carboxylic acids is 1. The van der Waals surface area contributed by atoms with Crippen LogP contribution < -0.4 is 0 Å². The molecule has 0 saturated carbocycles. The van der Waals surface area contributed by atoms with Gasteiger partial charge >= 0.3 is 0 Å². The highest BCUT2D eigenvalue weighted by Crippen LogP contribution is 2.30. The Labute approximate surface area is 102 Å². The van der Waals surface area contributed by atoms with E-state index in [9.17, 15) is 4.79 Å². The van der Waals surface area contributed by atoms with Crippen LogP contribution in [-0.4, -0.2) is 19.0 Å².